The van der Waals surface area contributed by atoms with Crippen LogP contribution < -0.4 is 5.32 Å². The van der Waals surface area contributed by atoms with Crippen molar-refractivity contribution in [2.45, 2.75) is 32.9 Å². The fourth-order valence-corrected chi connectivity index (χ4v) is 2.96. The van der Waals surface area contributed by atoms with Gasteiger partial charge in [0.15, 0.2) is 0 Å². The molecule has 0 saturated carbocycles. The van der Waals surface area contributed by atoms with Gasteiger partial charge in [-0.1, -0.05) is 0 Å². The molecule has 0 spiro atoms. The molecule has 5 nitrogen and oxygen atoms in total. The second kappa shape index (κ2) is 5.18. The Kier molecular flexibility index (Phi) is 4.32. The first-order valence-corrected chi connectivity index (χ1v) is 7.69. The van der Waals surface area contributed by atoms with Gasteiger partial charge in [0.05, 0.1) is 11.9 Å². The lowest BCUT2D eigenvalue weighted by Crippen LogP contribution is -2.34. The van der Waals surface area contributed by atoms with E-state index in [0.717, 1.165) is 11.3 Å². The number of sulfone groups is 1. The van der Waals surface area contributed by atoms with Crippen molar-refractivity contribution in [3.05, 3.63) is 17.5 Å². The second-order valence-corrected chi connectivity index (χ2v) is 6.88. The van der Waals surface area contributed by atoms with Crippen molar-refractivity contribution in [2.75, 3.05) is 12.0 Å². The zero-order chi connectivity index (χ0) is 13.2. The summed E-state index contributed by atoms with van der Waals surface area (Å²) in [5, 5.41) is 7.45. The van der Waals surface area contributed by atoms with Crippen LogP contribution in [0.5, 0.6) is 0 Å². The third-order valence-corrected chi connectivity index (χ3v) is 3.93. The molecule has 1 aromatic rings. The lowest BCUT2D eigenvalue weighted by Gasteiger charge is -2.19. The maximum atomic E-state index is 11.2. The van der Waals surface area contributed by atoms with Crippen molar-refractivity contribution in [1.82, 2.24) is 15.1 Å². The van der Waals surface area contributed by atoms with E-state index in [1.54, 1.807) is 0 Å². The molecule has 0 radical (unpaired) electrons. The Morgan fingerprint density at radius 2 is 2.06 bits per heavy atom. The molecule has 0 aliphatic heterocycles. The Morgan fingerprint density at radius 3 is 2.47 bits per heavy atom. The van der Waals surface area contributed by atoms with E-state index in [4.69, 9.17) is 0 Å². The highest BCUT2D eigenvalue weighted by Crippen LogP contribution is 2.16. The fraction of sp³-hybridized carbons (Fsp3) is 0.727. The van der Waals surface area contributed by atoms with E-state index in [-0.39, 0.29) is 17.8 Å². The summed E-state index contributed by atoms with van der Waals surface area (Å²) < 4.78 is 24.2. The van der Waals surface area contributed by atoms with E-state index < -0.39 is 9.84 Å². The molecule has 1 heterocycles. The molecule has 0 aliphatic carbocycles. The monoisotopic (exact) mass is 259 g/mol. The molecule has 1 N–H and O–H groups in total. The van der Waals surface area contributed by atoms with E-state index in [1.165, 1.54) is 6.26 Å². The summed E-state index contributed by atoms with van der Waals surface area (Å²) in [7, 11) is -1.05. The van der Waals surface area contributed by atoms with Crippen LogP contribution in [0, 0.1) is 6.92 Å². The lowest BCUT2D eigenvalue weighted by molar-refractivity contribution is 0.498. The molecule has 2 unspecified atom stereocenters. The van der Waals surface area contributed by atoms with Crippen LogP contribution in [-0.2, 0) is 16.9 Å². The molecule has 0 amide bonds. The van der Waals surface area contributed by atoms with E-state index in [1.807, 2.05) is 38.7 Å². The van der Waals surface area contributed by atoms with Crippen LogP contribution in [0.25, 0.3) is 0 Å². The zero-order valence-electron chi connectivity index (χ0n) is 11.1. The first-order valence-electron chi connectivity index (χ1n) is 5.63. The Bertz CT molecular complexity index is 479. The SMILES string of the molecule is Cc1c(C(C)NC(C)CS(C)(=O)=O)cnn1C. The molecule has 1 aromatic heterocycles. The Labute approximate surface area is 103 Å². The molecule has 2 atom stereocenters. The topological polar surface area (TPSA) is 64.0 Å². The number of aryl methyl sites for hydroxylation is 1. The quantitative estimate of drug-likeness (QED) is 0.850. The minimum absolute atomic E-state index is 0.0698. The van der Waals surface area contributed by atoms with Crippen LogP contribution >= 0.6 is 0 Å². The van der Waals surface area contributed by atoms with Gasteiger partial charge in [-0.15, -0.1) is 0 Å². The van der Waals surface area contributed by atoms with Crippen LogP contribution in [0.3, 0.4) is 0 Å². The molecule has 0 aromatic carbocycles. The van der Waals surface area contributed by atoms with Crippen molar-refractivity contribution in [3.8, 4) is 0 Å². The van der Waals surface area contributed by atoms with Crippen LogP contribution in [-0.4, -0.2) is 36.2 Å². The summed E-state index contributed by atoms with van der Waals surface area (Å²) in [6.07, 6.45) is 3.07. The van der Waals surface area contributed by atoms with Gasteiger partial charge in [0.1, 0.15) is 9.84 Å². The molecular formula is C11H21N3O2S. The number of hydrogen-bond donors (Lipinski definition) is 1. The predicted molar refractivity (Wildman–Crippen MR) is 68.7 cm³/mol. The van der Waals surface area contributed by atoms with Gasteiger partial charge in [0.2, 0.25) is 0 Å². The number of aromatic nitrogens is 2. The van der Waals surface area contributed by atoms with Crippen LogP contribution in [0.4, 0.5) is 0 Å². The molecule has 17 heavy (non-hydrogen) atoms. The van der Waals surface area contributed by atoms with Gasteiger partial charge >= 0.3 is 0 Å². The molecule has 0 aliphatic rings. The predicted octanol–water partition coefficient (Wildman–Crippen LogP) is 0.812. The van der Waals surface area contributed by atoms with Gasteiger partial charge < -0.3 is 5.32 Å². The molecule has 0 fully saturated rings. The fourth-order valence-electron chi connectivity index (χ4n) is 1.96. The Morgan fingerprint density at radius 1 is 1.47 bits per heavy atom. The molecule has 0 saturated heterocycles. The Hall–Kier alpha value is -0.880. The molecule has 6 heteroatoms. The minimum atomic E-state index is -2.94. The summed E-state index contributed by atoms with van der Waals surface area (Å²) in [5.74, 6) is 0.149. The van der Waals surface area contributed by atoms with E-state index in [9.17, 15) is 8.42 Å². The van der Waals surface area contributed by atoms with Gasteiger partial charge in [0.25, 0.3) is 0 Å². The summed E-state index contributed by atoms with van der Waals surface area (Å²) >= 11 is 0. The van der Waals surface area contributed by atoms with Crippen molar-refractivity contribution in [2.24, 2.45) is 7.05 Å². The van der Waals surface area contributed by atoms with Gasteiger partial charge in [-0.2, -0.15) is 5.10 Å². The molecule has 0 bridgehead atoms. The molecule has 1 rings (SSSR count). The summed E-state index contributed by atoms with van der Waals surface area (Å²) in [4.78, 5) is 0. The third-order valence-electron chi connectivity index (χ3n) is 2.83. The number of rotatable bonds is 5. The van der Waals surface area contributed by atoms with E-state index >= 15 is 0 Å². The normalized spacial score (nSPS) is 15.8. The van der Waals surface area contributed by atoms with E-state index in [2.05, 4.69) is 10.4 Å². The smallest absolute Gasteiger partial charge is 0.148 e. The second-order valence-electron chi connectivity index (χ2n) is 4.69. The summed E-state index contributed by atoms with van der Waals surface area (Å²) in [6, 6.07) is 0.0278. The minimum Gasteiger partial charge on any atom is -0.307 e. The van der Waals surface area contributed by atoms with Crippen molar-refractivity contribution in [3.63, 3.8) is 0 Å². The highest BCUT2D eigenvalue weighted by molar-refractivity contribution is 7.90. The van der Waals surface area contributed by atoms with Gasteiger partial charge in [-0.25, -0.2) is 8.42 Å². The highest BCUT2D eigenvalue weighted by Gasteiger charge is 2.16. The maximum Gasteiger partial charge on any atom is 0.148 e. The highest BCUT2D eigenvalue weighted by atomic mass is 32.2. The standard InChI is InChI=1S/C11H21N3O2S/c1-8(7-17(5,15)16)13-9(2)11-6-12-14(4)10(11)3/h6,8-9,13H,7H2,1-5H3. The van der Waals surface area contributed by atoms with Crippen LogP contribution in [0.15, 0.2) is 6.20 Å². The van der Waals surface area contributed by atoms with E-state index in [0.29, 0.717) is 0 Å². The number of hydrogen-bond acceptors (Lipinski definition) is 4. The Balaban J connectivity index is 2.67. The average Bonchev–Trinajstić information content (AvgIpc) is 2.44. The van der Waals surface area contributed by atoms with Crippen LogP contribution in [0.1, 0.15) is 31.1 Å². The van der Waals surface area contributed by atoms with Crippen LogP contribution in [0.2, 0.25) is 0 Å². The zero-order valence-corrected chi connectivity index (χ0v) is 11.9. The first-order chi connectivity index (χ1) is 7.70. The van der Waals surface area contributed by atoms with Crippen molar-refractivity contribution >= 4 is 9.84 Å². The first kappa shape index (κ1) is 14.2. The molecule has 98 valence electrons. The van der Waals surface area contributed by atoms with Gasteiger partial charge in [-0.05, 0) is 20.8 Å². The average molecular weight is 259 g/mol. The third kappa shape index (κ3) is 4.12. The maximum absolute atomic E-state index is 11.2. The van der Waals surface area contributed by atoms with Gasteiger partial charge in [-0.3, -0.25) is 4.68 Å². The molecular weight excluding hydrogens is 238 g/mol. The lowest BCUT2D eigenvalue weighted by atomic mass is 10.1. The van der Waals surface area contributed by atoms with Crippen molar-refractivity contribution in [1.29, 1.82) is 0 Å². The summed E-state index contributed by atoms with van der Waals surface area (Å²) in [6.45, 7) is 5.90. The van der Waals surface area contributed by atoms with Gasteiger partial charge in [0, 0.05) is 36.6 Å². The largest absolute Gasteiger partial charge is 0.307 e. The summed E-state index contributed by atoms with van der Waals surface area (Å²) in [5.41, 5.74) is 2.20. The number of nitrogens with zero attached hydrogens (tertiary/aromatic N) is 2. The number of nitrogens with one attached hydrogen (secondary N) is 1. The van der Waals surface area contributed by atoms with Crippen molar-refractivity contribution < 1.29 is 8.42 Å².